The Balaban J connectivity index is 1.34. The number of amides is 4. The zero-order valence-electron chi connectivity index (χ0n) is 23.3. The minimum atomic E-state index is -1.22. The van der Waals surface area contributed by atoms with Crippen molar-refractivity contribution in [1.82, 2.24) is 25.8 Å². The number of allylic oxidation sites excluding steroid dienone is 1. The lowest BCUT2D eigenvalue weighted by Gasteiger charge is -2.26. The molecule has 42 heavy (non-hydrogen) atoms. The molecule has 3 aromatic rings. The molecule has 10 nitrogen and oxygen atoms in total. The van der Waals surface area contributed by atoms with Crippen LogP contribution in [0.5, 0.6) is 0 Å². The number of fused-ring (bicyclic) bond motifs is 1. The van der Waals surface area contributed by atoms with Gasteiger partial charge >= 0.3 is 0 Å². The molecule has 0 radical (unpaired) electrons. The summed E-state index contributed by atoms with van der Waals surface area (Å²) in [6.07, 6.45) is 3.26. The van der Waals surface area contributed by atoms with Crippen LogP contribution in [0.3, 0.4) is 0 Å². The number of aromatic nitrogens is 1. The van der Waals surface area contributed by atoms with Gasteiger partial charge in [-0.3, -0.25) is 24.0 Å². The third-order valence-corrected chi connectivity index (χ3v) is 8.05. The van der Waals surface area contributed by atoms with Gasteiger partial charge in [-0.25, -0.2) is 0 Å². The molecule has 0 spiro atoms. The Bertz CT molecular complexity index is 1470. The zero-order chi connectivity index (χ0) is 29.6. The maximum absolute atomic E-state index is 13.8. The summed E-state index contributed by atoms with van der Waals surface area (Å²) in [6.45, 7) is 4.77. The Morgan fingerprint density at radius 3 is 2.55 bits per heavy atom. The number of carbonyl (C=O) groups excluding carboxylic acids is 5. The number of hydrogen-bond donors (Lipinski definition) is 4. The van der Waals surface area contributed by atoms with Gasteiger partial charge in [0.05, 0.1) is 6.04 Å². The second-order valence-electron chi connectivity index (χ2n) is 11.0. The molecule has 0 bridgehead atoms. The molecule has 5 rings (SSSR count). The zero-order valence-corrected chi connectivity index (χ0v) is 23.3. The van der Waals surface area contributed by atoms with Crippen molar-refractivity contribution in [1.29, 1.82) is 0 Å². The summed E-state index contributed by atoms with van der Waals surface area (Å²) in [7, 11) is 0. The standard InChI is InChI=1S/C32H35N5O5/c1-2-8-21-15-27(37(19-21)32(42)26-16-22-11-6-7-12-24(22)35-26)30(40)36-25(17-23-13-14-33-29(23)39)28(38)31(41)34-18-20-9-4-3-5-10-20/h2-7,9-12,16,21,23,25,27,35H,1,8,13-15,17-19H2,(H,33,39)(H,34,41)(H,36,40)/t21-,23+,25?,27+/m1/s1. The lowest BCUT2D eigenvalue weighted by atomic mass is 9.94. The summed E-state index contributed by atoms with van der Waals surface area (Å²) in [6, 6.07) is 16.4. The number of nitrogens with one attached hydrogen (secondary N) is 4. The molecule has 2 aromatic carbocycles. The SMILES string of the molecule is C=CC[C@@H]1C[C@@H](C(=O)NC(C[C@@H]2CCNC2=O)C(=O)C(=O)NCc2ccccc2)N(C(=O)c2cc3ccccc3[nH]2)C1. The lowest BCUT2D eigenvalue weighted by molar-refractivity contribution is -0.141. The van der Waals surface area contributed by atoms with E-state index in [1.807, 2.05) is 54.6 Å². The van der Waals surface area contributed by atoms with Crippen LogP contribution < -0.4 is 16.0 Å². The molecule has 4 amide bonds. The Morgan fingerprint density at radius 1 is 1.07 bits per heavy atom. The Kier molecular flexibility index (Phi) is 8.80. The highest BCUT2D eigenvalue weighted by atomic mass is 16.2. The van der Waals surface area contributed by atoms with Gasteiger partial charge in [-0.15, -0.1) is 6.58 Å². The van der Waals surface area contributed by atoms with Gasteiger partial charge in [0.2, 0.25) is 17.6 Å². The minimum absolute atomic E-state index is 0.00602. The molecular weight excluding hydrogens is 534 g/mol. The highest BCUT2D eigenvalue weighted by Gasteiger charge is 2.42. The number of aromatic amines is 1. The van der Waals surface area contributed by atoms with Crippen LogP contribution in [0.25, 0.3) is 10.9 Å². The average molecular weight is 570 g/mol. The average Bonchev–Trinajstić information content (AvgIpc) is 3.74. The van der Waals surface area contributed by atoms with E-state index >= 15 is 0 Å². The molecule has 0 saturated carbocycles. The van der Waals surface area contributed by atoms with E-state index in [1.165, 1.54) is 4.90 Å². The van der Waals surface area contributed by atoms with E-state index in [0.717, 1.165) is 16.5 Å². The first kappa shape index (κ1) is 28.8. The maximum atomic E-state index is 13.8. The van der Waals surface area contributed by atoms with Crippen molar-refractivity contribution in [2.24, 2.45) is 11.8 Å². The Hall–Kier alpha value is -4.73. The van der Waals surface area contributed by atoms with E-state index in [1.54, 1.807) is 12.1 Å². The smallest absolute Gasteiger partial charge is 0.289 e. The number of Topliss-reactive ketones (excluding diaryl/α,β-unsaturated/α-hetero) is 1. The van der Waals surface area contributed by atoms with Gasteiger partial charge < -0.3 is 25.8 Å². The number of para-hydroxylation sites is 1. The van der Waals surface area contributed by atoms with Crippen molar-refractivity contribution in [3.8, 4) is 0 Å². The number of benzene rings is 2. The number of H-pyrrole nitrogens is 1. The summed E-state index contributed by atoms with van der Waals surface area (Å²) in [5.41, 5.74) is 1.99. The van der Waals surface area contributed by atoms with Crippen LogP contribution in [0.1, 0.15) is 41.7 Å². The van der Waals surface area contributed by atoms with E-state index in [0.29, 0.717) is 38.0 Å². The van der Waals surface area contributed by atoms with E-state index in [-0.39, 0.29) is 30.7 Å². The van der Waals surface area contributed by atoms with Crippen molar-refractivity contribution >= 4 is 40.3 Å². The number of hydrogen-bond acceptors (Lipinski definition) is 5. The van der Waals surface area contributed by atoms with Crippen LogP contribution in [-0.4, -0.2) is 64.5 Å². The number of likely N-dealkylation sites (tertiary alicyclic amines) is 1. The van der Waals surface area contributed by atoms with E-state index in [2.05, 4.69) is 27.5 Å². The molecule has 1 unspecified atom stereocenters. The molecule has 10 heteroatoms. The maximum Gasteiger partial charge on any atom is 0.289 e. The van der Waals surface area contributed by atoms with Crippen molar-refractivity contribution < 1.29 is 24.0 Å². The summed E-state index contributed by atoms with van der Waals surface area (Å²) in [4.78, 5) is 70.7. The van der Waals surface area contributed by atoms with Crippen molar-refractivity contribution in [2.45, 2.75) is 44.3 Å². The third kappa shape index (κ3) is 6.43. The van der Waals surface area contributed by atoms with Crippen LogP contribution in [-0.2, 0) is 25.7 Å². The first-order valence-electron chi connectivity index (χ1n) is 14.3. The van der Waals surface area contributed by atoms with Gasteiger partial charge in [0, 0.05) is 36.5 Å². The van der Waals surface area contributed by atoms with Crippen LogP contribution in [0.15, 0.2) is 73.3 Å². The van der Waals surface area contributed by atoms with E-state index < -0.39 is 35.6 Å². The first-order chi connectivity index (χ1) is 20.3. The topological polar surface area (TPSA) is 140 Å². The fraction of sp³-hybridized carbons (Fsp3) is 0.344. The predicted octanol–water partition coefficient (Wildman–Crippen LogP) is 2.47. The second-order valence-corrected chi connectivity index (χ2v) is 11.0. The molecule has 4 atom stereocenters. The monoisotopic (exact) mass is 569 g/mol. The van der Waals surface area contributed by atoms with Gasteiger partial charge in [0.25, 0.3) is 11.8 Å². The molecular formula is C32H35N5O5. The fourth-order valence-electron chi connectivity index (χ4n) is 5.82. The Labute approximate surface area is 243 Å². The van der Waals surface area contributed by atoms with Gasteiger partial charge in [0.15, 0.2) is 0 Å². The molecule has 4 N–H and O–H groups in total. The van der Waals surface area contributed by atoms with Crippen molar-refractivity contribution in [3.05, 3.63) is 84.6 Å². The summed E-state index contributed by atoms with van der Waals surface area (Å²) < 4.78 is 0. The largest absolute Gasteiger partial charge is 0.356 e. The molecule has 2 saturated heterocycles. The molecule has 218 valence electrons. The predicted molar refractivity (Wildman–Crippen MR) is 157 cm³/mol. The lowest BCUT2D eigenvalue weighted by Crippen LogP contribution is -2.54. The molecule has 0 aliphatic carbocycles. The van der Waals surface area contributed by atoms with Crippen molar-refractivity contribution in [3.63, 3.8) is 0 Å². The van der Waals surface area contributed by atoms with Crippen LogP contribution in [0.4, 0.5) is 0 Å². The summed E-state index contributed by atoms with van der Waals surface area (Å²) in [5, 5.41) is 8.99. The fourth-order valence-corrected chi connectivity index (χ4v) is 5.82. The normalized spacial score (nSPS) is 20.6. The van der Waals surface area contributed by atoms with Gasteiger partial charge in [-0.05, 0) is 49.3 Å². The van der Waals surface area contributed by atoms with Gasteiger partial charge in [0.1, 0.15) is 11.7 Å². The summed E-state index contributed by atoms with van der Waals surface area (Å²) >= 11 is 0. The highest BCUT2D eigenvalue weighted by Crippen LogP contribution is 2.29. The highest BCUT2D eigenvalue weighted by molar-refractivity contribution is 6.38. The molecule has 1 aromatic heterocycles. The van der Waals surface area contributed by atoms with Crippen LogP contribution in [0.2, 0.25) is 0 Å². The van der Waals surface area contributed by atoms with E-state index in [9.17, 15) is 24.0 Å². The quantitative estimate of drug-likeness (QED) is 0.208. The van der Waals surface area contributed by atoms with Crippen LogP contribution in [0, 0.1) is 11.8 Å². The first-order valence-corrected chi connectivity index (χ1v) is 14.3. The molecule has 3 heterocycles. The number of nitrogens with zero attached hydrogens (tertiary/aromatic N) is 1. The minimum Gasteiger partial charge on any atom is -0.356 e. The Morgan fingerprint density at radius 2 is 1.83 bits per heavy atom. The number of rotatable bonds is 11. The molecule has 2 aliphatic rings. The number of carbonyl (C=O) groups is 5. The molecule has 2 fully saturated rings. The van der Waals surface area contributed by atoms with Crippen molar-refractivity contribution in [2.75, 3.05) is 13.1 Å². The van der Waals surface area contributed by atoms with Gasteiger partial charge in [-0.2, -0.15) is 0 Å². The molecule has 2 aliphatic heterocycles. The van der Waals surface area contributed by atoms with Crippen LogP contribution >= 0.6 is 0 Å². The van der Waals surface area contributed by atoms with Gasteiger partial charge in [-0.1, -0.05) is 54.6 Å². The van der Waals surface area contributed by atoms with E-state index in [4.69, 9.17) is 0 Å². The number of ketones is 1. The second kappa shape index (κ2) is 12.8. The third-order valence-electron chi connectivity index (χ3n) is 8.05. The summed E-state index contributed by atoms with van der Waals surface area (Å²) in [5.74, 6) is -3.24.